The Bertz CT molecular complexity index is 1020. The zero-order valence-corrected chi connectivity index (χ0v) is 22.5. The van der Waals surface area contributed by atoms with Crippen molar-refractivity contribution in [2.45, 2.75) is 62.9 Å². The minimum Gasteiger partial charge on any atom is -0.378 e. The summed E-state index contributed by atoms with van der Waals surface area (Å²) in [7, 11) is 2.04. The van der Waals surface area contributed by atoms with Gasteiger partial charge in [0.15, 0.2) is 5.96 Å². The highest BCUT2D eigenvalue weighted by molar-refractivity contribution is 5.97. The fourth-order valence-corrected chi connectivity index (χ4v) is 5.50. The average molecular weight is 524 g/mol. The highest BCUT2D eigenvalue weighted by Crippen LogP contribution is 2.29. The fraction of sp³-hybridized carbons (Fsp3) is 0.643. The third kappa shape index (κ3) is 7.45. The van der Waals surface area contributed by atoms with Crippen LogP contribution < -0.4 is 16.4 Å². The van der Waals surface area contributed by atoms with Crippen molar-refractivity contribution in [3.8, 4) is 6.07 Å². The zero-order chi connectivity index (χ0) is 27.0. The number of hydrogen-bond acceptors (Lipinski definition) is 6. The number of guanidine groups is 1. The van der Waals surface area contributed by atoms with E-state index >= 15 is 0 Å². The number of rotatable bonds is 7. The van der Waals surface area contributed by atoms with E-state index in [2.05, 4.69) is 26.5 Å². The van der Waals surface area contributed by atoms with Gasteiger partial charge in [-0.1, -0.05) is 32.1 Å². The number of aliphatic imine (C=N–C) groups is 1. The number of piperidine rings is 1. The number of amides is 2. The van der Waals surface area contributed by atoms with E-state index in [0.29, 0.717) is 63.0 Å². The monoisotopic (exact) mass is 523 g/mol. The molecule has 0 aromatic heterocycles. The van der Waals surface area contributed by atoms with E-state index in [9.17, 15) is 14.9 Å². The number of nitriles is 1. The molecule has 4 rings (SSSR count). The van der Waals surface area contributed by atoms with Gasteiger partial charge < -0.3 is 30.9 Å². The van der Waals surface area contributed by atoms with Crippen LogP contribution in [0.1, 0.15) is 61.7 Å². The summed E-state index contributed by atoms with van der Waals surface area (Å²) in [6.45, 7) is 3.99. The molecule has 10 nitrogen and oxygen atoms in total. The van der Waals surface area contributed by atoms with Gasteiger partial charge in [-0.15, -0.1) is 0 Å². The van der Waals surface area contributed by atoms with Gasteiger partial charge in [0.2, 0.25) is 11.8 Å². The number of ether oxygens (including phenoxy) is 1. The minimum atomic E-state index is -0.860. The van der Waals surface area contributed by atoms with Gasteiger partial charge in [0.1, 0.15) is 11.6 Å². The molecule has 4 N–H and O–H groups in total. The van der Waals surface area contributed by atoms with E-state index in [1.54, 1.807) is 24.3 Å². The lowest BCUT2D eigenvalue weighted by molar-refractivity contribution is -0.124. The van der Waals surface area contributed by atoms with E-state index in [4.69, 9.17) is 15.5 Å². The molecule has 3 aliphatic rings. The molecular weight excluding hydrogens is 482 g/mol. The number of carbonyl (C=O) groups is 2. The van der Waals surface area contributed by atoms with Crippen molar-refractivity contribution in [2.75, 3.05) is 51.8 Å². The summed E-state index contributed by atoms with van der Waals surface area (Å²) < 4.78 is 5.56. The first kappa shape index (κ1) is 27.9. The van der Waals surface area contributed by atoms with E-state index in [1.807, 2.05) is 7.05 Å². The number of nitrogens with one attached hydrogen (secondary N) is 2. The van der Waals surface area contributed by atoms with Crippen LogP contribution in [0.2, 0.25) is 0 Å². The number of anilines is 1. The van der Waals surface area contributed by atoms with Gasteiger partial charge in [-0.05, 0) is 56.5 Å². The number of nitrogens with two attached hydrogens (primary N) is 1. The first-order valence-electron chi connectivity index (χ1n) is 13.9. The Morgan fingerprint density at radius 1 is 1.13 bits per heavy atom. The molecule has 0 spiro atoms. The molecule has 0 radical (unpaired) electrons. The SMILES string of the molecule is CN1CCC(C#N)(NC(=O)C(CC2CCCCC2)/N=C(\Nc2ccc(C(N)=O)cc2)N2CCOCC2)CC1. The van der Waals surface area contributed by atoms with Crippen molar-refractivity contribution >= 4 is 23.5 Å². The Kier molecular flexibility index (Phi) is 9.58. The molecule has 0 bridgehead atoms. The van der Waals surface area contributed by atoms with Crippen LogP contribution >= 0.6 is 0 Å². The van der Waals surface area contributed by atoms with E-state index in [0.717, 1.165) is 31.6 Å². The molecule has 1 unspecified atom stereocenters. The highest BCUT2D eigenvalue weighted by Gasteiger charge is 2.38. The second-order valence-corrected chi connectivity index (χ2v) is 10.9. The maximum absolute atomic E-state index is 13.8. The summed E-state index contributed by atoms with van der Waals surface area (Å²) in [6, 6.07) is 8.71. The quantitative estimate of drug-likeness (QED) is 0.369. The molecule has 1 saturated carbocycles. The van der Waals surface area contributed by atoms with Crippen molar-refractivity contribution < 1.29 is 14.3 Å². The Morgan fingerprint density at radius 2 is 1.79 bits per heavy atom. The lowest BCUT2D eigenvalue weighted by atomic mass is 9.84. The number of hydrogen-bond donors (Lipinski definition) is 3. The van der Waals surface area contributed by atoms with Crippen LogP contribution in [0.15, 0.2) is 29.3 Å². The van der Waals surface area contributed by atoms with Gasteiger partial charge in [0.05, 0.1) is 19.3 Å². The number of likely N-dealkylation sites (tertiary alicyclic amines) is 1. The van der Waals surface area contributed by atoms with Gasteiger partial charge in [-0.3, -0.25) is 9.59 Å². The minimum absolute atomic E-state index is 0.182. The standard InChI is InChI=1S/C28H41N7O3/c1-34-13-11-28(20-29,12-14-34)33-26(37)24(19-21-5-3-2-4-6-21)32-27(35-15-17-38-18-16-35)31-23-9-7-22(8-10-23)25(30)36/h7-10,21,24H,2-6,11-19H2,1H3,(H2,30,36)(H,31,32)(H,33,37). The van der Waals surface area contributed by atoms with Gasteiger partial charge in [0.25, 0.3) is 0 Å². The summed E-state index contributed by atoms with van der Waals surface area (Å²) >= 11 is 0. The molecule has 1 aromatic carbocycles. The topological polar surface area (TPSA) is 136 Å². The van der Waals surface area contributed by atoms with Gasteiger partial charge in [-0.25, -0.2) is 4.99 Å². The molecule has 2 saturated heterocycles. The maximum atomic E-state index is 13.8. The highest BCUT2D eigenvalue weighted by atomic mass is 16.5. The Labute approximate surface area is 225 Å². The predicted molar refractivity (Wildman–Crippen MR) is 147 cm³/mol. The summed E-state index contributed by atoms with van der Waals surface area (Å²) in [5.74, 6) is 0.367. The normalized spacial score (nSPS) is 21.8. The molecule has 2 aliphatic heterocycles. The third-order valence-corrected chi connectivity index (χ3v) is 8.02. The summed E-state index contributed by atoms with van der Waals surface area (Å²) in [5, 5.41) is 16.6. The molecular formula is C28H41N7O3. The zero-order valence-electron chi connectivity index (χ0n) is 22.5. The number of nitrogens with zero attached hydrogens (tertiary/aromatic N) is 4. The molecule has 2 amide bonds. The van der Waals surface area contributed by atoms with E-state index < -0.39 is 17.5 Å². The van der Waals surface area contributed by atoms with Crippen molar-refractivity contribution in [1.82, 2.24) is 15.1 Å². The lowest BCUT2D eigenvalue weighted by Gasteiger charge is -2.37. The van der Waals surface area contributed by atoms with Crippen LogP contribution in [0.3, 0.4) is 0 Å². The van der Waals surface area contributed by atoms with Crippen LogP contribution in [0, 0.1) is 17.2 Å². The molecule has 1 aromatic rings. The van der Waals surface area contributed by atoms with Crippen LogP contribution in [0.5, 0.6) is 0 Å². The van der Waals surface area contributed by atoms with Crippen LogP contribution in [0.25, 0.3) is 0 Å². The van der Waals surface area contributed by atoms with E-state index in [1.165, 1.54) is 19.3 Å². The fourth-order valence-electron chi connectivity index (χ4n) is 5.50. The number of morpholine rings is 1. The summed E-state index contributed by atoms with van der Waals surface area (Å²) in [5.41, 5.74) is 5.72. The van der Waals surface area contributed by atoms with Crippen LogP contribution in [-0.2, 0) is 9.53 Å². The molecule has 206 valence electrons. The molecule has 3 fully saturated rings. The predicted octanol–water partition coefficient (Wildman–Crippen LogP) is 2.33. The Morgan fingerprint density at radius 3 is 2.39 bits per heavy atom. The maximum Gasteiger partial charge on any atom is 0.248 e. The van der Waals surface area contributed by atoms with E-state index in [-0.39, 0.29) is 5.91 Å². The summed E-state index contributed by atoms with van der Waals surface area (Å²) in [4.78, 5) is 34.7. The van der Waals surface area contributed by atoms with Crippen LogP contribution in [-0.4, -0.2) is 85.6 Å². The second-order valence-electron chi connectivity index (χ2n) is 10.9. The van der Waals surface area contributed by atoms with Crippen molar-refractivity contribution in [3.05, 3.63) is 29.8 Å². The smallest absolute Gasteiger partial charge is 0.248 e. The molecule has 10 heteroatoms. The van der Waals surface area contributed by atoms with Gasteiger partial charge in [0, 0.05) is 37.4 Å². The van der Waals surface area contributed by atoms with Crippen LogP contribution in [0.4, 0.5) is 5.69 Å². The second kappa shape index (κ2) is 13.1. The Hall–Kier alpha value is -3.16. The van der Waals surface area contributed by atoms with Crippen molar-refractivity contribution in [1.29, 1.82) is 5.26 Å². The lowest BCUT2D eigenvalue weighted by Crippen LogP contribution is -2.56. The van der Waals surface area contributed by atoms with Crippen molar-refractivity contribution in [3.63, 3.8) is 0 Å². The van der Waals surface area contributed by atoms with Gasteiger partial charge >= 0.3 is 0 Å². The number of carbonyl (C=O) groups excluding carboxylic acids is 2. The van der Waals surface area contributed by atoms with Gasteiger partial charge in [-0.2, -0.15) is 5.26 Å². The molecule has 2 heterocycles. The first-order chi connectivity index (χ1) is 18.4. The average Bonchev–Trinajstić information content (AvgIpc) is 2.95. The summed E-state index contributed by atoms with van der Waals surface area (Å²) in [6.07, 6.45) is 7.66. The first-order valence-corrected chi connectivity index (χ1v) is 13.9. The Balaban J connectivity index is 1.60. The van der Waals surface area contributed by atoms with Crippen molar-refractivity contribution in [2.24, 2.45) is 16.6 Å². The number of benzene rings is 1. The number of primary amides is 1. The molecule has 38 heavy (non-hydrogen) atoms. The molecule has 1 aliphatic carbocycles. The third-order valence-electron chi connectivity index (χ3n) is 8.02. The largest absolute Gasteiger partial charge is 0.378 e. The molecule has 1 atom stereocenters.